The zero-order valence-electron chi connectivity index (χ0n) is 7.01. The Morgan fingerprint density at radius 2 is 2.21 bits per heavy atom. The molecule has 0 aromatic carbocycles. The second kappa shape index (κ2) is 4.43. The minimum absolute atomic E-state index is 0.0382. The molecule has 3 nitrogen and oxygen atoms in total. The first-order valence-electron chi connectivity index (χ1n) is 3.74. The van der Waals surface area contributed by atoms with Crippen LogP contribution in [0.1, 0.15) is 28.2 Å². The van der Waals surface area contributed by atoms with Crippen molar-refractivity contribution in [2.75, 3.05) is 0 Å². The number of aromatic nitrogens is 1. The maximum atomic E-state index is 12.4. The van der Waals surface area contributed by atoms with E-state index in [0.29, 0.717) is 5.69 Å². The lowest BCUT2D eigenvalue weighted by molar-refractivity contribution is 0.106. The summed E-state index contributed by atoms with van der Waals surface area (Å²) in [6.45, 7) is 0.0382. The van der Waals surface area contributed by atoms with Gasteiger partial charge in [-0.15, -0.1) is 0 Å². The smallest absolute Gasteiger partial charge is 0.281 e. The van der Waals surface area contributed by atoms with E-state index in [9.17, 15) is 13.6 Å². The summed E-state index contributed by atoms with van der Waals surface area (Å²) in [4.78, 5) is 14.3. The van der Waals surface area contributed by atoms with Gasteiger partial charge in [-0.1, -0.05) is 0 Å². The van der Waals surface area contributed by atoms with E-state index in [2.05, 4.69) is 4.98 Å². The third-order valence-electron chi connectivity index (χ3n) is 1.61. The average molecular weight is 221 g/mol. The van der Waals surface area contributed by atoms with Gasteiger partial charge in [0.1, 0.15) is 5.69 Å². The van der Waals surface area contributed by atoms with E-state index in [1.165, 1.54) is 12.1 Å². The summed E-state index contributed by atoms with van der Waals surface area (Å²) >= 11 is 5.10. The number of alkyl halides is 2. The van der Waals surface area contributed by atoms with Crippen LogP contribution in [0.25, 0.3) is 0 Å². The molecule has 0 unspecified atom stereocenters. The number of hydrogen-bond donors (Lipinski definition) is 1. The number of hydrogen-bond acceptors (Lipinski definition) is 3. The summed E-state index contributed by atoms with van der Waals surface area (Å²) in [6, 6.07) is 2.59. The molecule has 0 aliphatic carbocycles. The second-order valence-corrected chi connectivity index (χ2v) is 2.86. The SMILES string of the molecule is NCc1ccc(C(=O)Cl)c(C(F)F)n1. The van der Waals surface area contributed by atoms with Crippen molar-refractivity contribution >= 4 is 16.8 Å². The lowest BCUT2D eigenvalue weighted by atomic mass is 10.2. The number of carbonyl (C=O) groups excluding carboxylic acids is 1. The van der Waals surface area contributed by atoms with Gasteiger partial charge in [-0.05, 0) is 23.7 Å². The third-order valence-corrected chi connectivity index (χ3v) is 1.81. The summed E-state index contributed by atoms with van der Waals surface area (Å²) < 4.78 is 24.8. The van der Waals surface area contributed by atoms with Crippen LogP contribution in [0.4, 0.5) is 8.78 Å². The molecular formula is C8H7ClF2N2O. The van der Waals surface area contributed by atoms with Crippen LogP contribution in [-0.4, -0.2) is 10.2 Å². The van der Waals surface area contributed by atoms with Crippen LogP contribution in [0.2, 0.25) is 0 Å². The topological polar surface area (TPSA) is 56.0 Å². The van der Waals surface area contributed by atoms with Crippen molar-refractivity contribution < 1.29 is 13.6 Å². The molecule has 6 heteroatoms. The molecule has 0 saturated carbocycles. The zero-order chi connectivity index (χ0) is 10.7. The van der Waals surface area contributed by atoms with Crippen LogP contribution in [-0.2, 0) is 6.54 Å². The van der Waals surface area contributed by atoms with Gasteiger partial charge in [-0.2, -0.15) is 0 Å². The van der Waals surface area contributed by atoms with Gasteiger partial charge in [-0.3, -0.25) is 4.79 Å². The third kappa shape index (κ3) is 2.24. The quantitative estimate of drug-likeness (QED) is 0.791. The largest absolute Gasteiger partial charge is 0.325 e. The average Bonchev–Trinajstić information content (AvgIpc) is 2.16. The zero-order valence-corrected chi connectivity index (χ0v) is 7.76. The van der Waals surface area contributed by atoms with Gasteiger partial charge in [0.2, 0.25) is 0 Å². The van der Waals surface area contributed by atoms with Gasteiger partial charge >= 0.3 is 0 Å². The Morgan fingerprint density at radius 3 is 2.64 bits per heavy atom. The standard InChI is InChI=1S/C8H7ClF2N2O/c9-7(14)5-2-1-4(3-12)13-6(5)8(10)11/h1-2,8H,3,12H2. The number of nitrogens with two attached hydrogens (primary N) is 1. The fourth-order valence-electron chi connectivity index (χ4n) is 0.963. The highest BCUT2D eigenvalue weighted by atomic mass is 35.5. The molecule has 76 valence electrons. The molecule has 0 amide bonds. The highest BCUT2D eigenvalue weighted by Crippen LogP contribution is 2.22. The molecule has 0 fully saturated rings. The molecule has 0 atom stereocenters. The summed E-state index contributed by atoms with van der Waals surface area (Å²) in [7, 11) is 0. The maximum Gasteiger partial charge on any atom is 0.281 e. The van der Waals surface area contributed by atoms with Gasteiger partial charge in [-0.25, -0.2) is 13.8 Å². The minimum atomic E-state index is -2.83. The van der Waals surface area contributed by atoms with Crippen LogP contribution in [0, 0.1) is 0 Å². The predicted octanol–water partition coefficient (Wildman–Crippen LogP) is 1.86. The molecule has 1 heterocycles. The van der Waals surface area contributed by atoms with Crippen molar-refractivity contribution in [2.45, 2.75) is 13.0 Å². The number of carbonyl (C=O) groups is 1. The number of rotatable bonds is 3. The number of pyridine rings is 1. The molecule has 1 aromatic heterocycles. The monoisotopic (exact) mass is 220 g/mol. The number of nitrogens with zero attached hydrogens (tertiary/aromatic N) is 1. The maximum absolute atomic E-state index is 12.4. The van der Waals surface area contributed by atoms with Crippen molar-refractivity contribution in [2.24, 2.45) is 5.73 Å². The molecule has 0 aliphatic heterocycles. The van der Waals surface area contributed by atoms with E-state index >= 15 is 0 Å². The Morgan fingerprint density at radius 1 is 1.57 bits per heavy atom. The van der Waals surface area contributed by atoms with Gasteiger partial charge in [0.15, 0.2) is 0 Å². The first-order chi connectivity index (χ1) is 6.56. The van der Waals surface area contributed by atoms with E-state index in [0.717, 1.165) is 0 Å². The predicted molar refractivity (Wildman–Crippen MR) is 47.3 cm³/mol. The fourth-order valence-corrected chi connectivity index (χ4v) is 1.12. The lowest BCUT2D eigenvalue weighted by Gasteiger charge is -2.05. The van der Waals surface area contributed by atoms with E-state index in [-0.39, 0.29) is 12.1 Å². The van der Waals surface area contributed by atoms with E-state index in [4.69, 9.17) is 17.3 Å². The Hall–Kier alpha value is -1.07. The molecule has 0 saturated heterocycles. The van der Waals surface area contributed by atoms with Crippen LogP contribution >= 0.6 is 11.6 Å². The summed E-state index contributed by atoms with van der Waals surface area (Å²) in [5.41, 5.74) is 4.62. The summed E-state index contributed by atoms with van der Waals surface area (Å²) in [5.74, 6) is 0. The second-order valence-electron chi connectivity index (χ2n) is 2.51. The molecule has 2 N–H and O–H groups in total. The molecule has 0 spiro atoms. The van der Waals surface area contributed by atoms with Crippen molar-refractivity contribution in [3.63, 3.8) is 0 Å². The summed E-state index contributed by atoms with van der Waals surface area (Å²) in [6.07, 6.45) is -2.83. The lowest BCUT2D eigenvalue weighted by Crippen LogP contribution is -2.07. The minimum Gasteiger partial charge on any atom is -0.325 e. The van der Waals surface area contributed by atoms with Crippen LogP contribution in [0.5, 0.6) is 0 Å². The van der Waals surface area contributed by atoms with E-state index in [1.54, 1.807) is 0 Å². The number of halogens is 3. The van der Waals surface area contributed by atoms with Crippen molar-refractivity contribution in [3.05, 3.63) is 29.1 Å². The van der Waals surface area contributed by atoms with Crippen LogP contribution in [0.15, 0.2) is 12.1 Å². The molecule has 1 aromatic rings. The normalized spacial score (nSPS) is 10.6. The van der Waals surface area contributed by atoms with Crippen LogP contribution < -0.4 is 5.73 Å². The molecule has 1 rings (SSSR count). The Kier molecular flexibility index (Phi) is 3.49. The Balaban J connectivity index is 3.24. The first kappa shape index (κ1) is 11.0. The summed E-state index contributed by atoms with van der Waals surface area (Å²) in [5, 5.41) is -0.948. The molecule has 0 radical (unpaired) electrons. The molecule has 14 heavy (non-hydrogen) atoms. The highest BCUT2D eigenvalue weighted by molar-refractivity contribution is 6.67. The molecular weight excluding hydrogens is 214 g/mol. The van der Waals surface area contributed by atoms with Crippen molar-refractivity contribution in [1.29, 1.82) is 0 Å². The van der Waals surface area contributed by atoms with Crippen molar-refractivity contribution in [1.82, 2.24) is 4.98 Å². The highest BCUT2D eigenvalue weighted by Gasteiger charge is 2.19. The molecule has 0 bridgehead atoms. The Labute approximate surface area is 83.9 Å². The molecule has 0 aliphatic rings. The van der Waals surface area contributed by atoms with E-state index in [1.807, 2.05) is 0 Å². The van der Waals surface area contributed by atoms with Crippen LogP contribution in [0.3, 0.4) is 0 Å². The first-order valence-corrected chi connectivity index (χ1v) is 4.12. The van der Waals surface area contributed by atoms with Gasteiger partial charge < -0.3 is 5.73 Å². The van der Waals surface area contributed by atoms with Crippen molar-refractivity contribution in [3.8, 4) is 0 Å². The fraction of sp³-hybridized carbons (Fsp3) is 0.250. The van der Waals surface area contributed by atoms with Gasteiger partial charge in [0.05, 0.1) is 11.3 Å². The Bertz CT molecular complexity index is 357. The van der Waals surface area contributed by atoms with E-state index < -0.39 is 17.4 Å². The van der Waals surface area contributed by atoms with Gasteiger partial charge in [0, 0.05) is 6.54 Å². The van der Waals surface area contributed by atoms with Gasteiger partial charge in [0.25, 0.3) is 11.7 Å².